The summed E-state index contributed by atoms with van der Waals surface area (Å²) in [5.74, 6) is 0.709. The van der Waals surface area contributed by atoms with Crippen LogP contribution in [0.15, 0.2) is 206 Å². The minimum Gasteiger partial charge on any atom is -0.228 e. The molecule has 0 amide bonds. The maximum absolute atomic E-state index is 5.30. The Balaban J connectivity index is 0.994. The fraction of sp³-hybridized carbons (Fsp3) is 0. The van der Waals surface area contributed by atoms with E-state index in [2.05, 4.69) is 206 Å². The lowest BCUT2D eigenvalue weighted by Gasteiger charge is -2.13. The molecule has 11 aromatic rings. The molecule has 10 aromatic carbocycles. The van der Waals surface area contributed by atoms with Crippen molar-refractivity contribution in [3.05, 3.63) is 206 Å². The normalized spacial score (nSPS) is 11.6. The lowest BCUT2D eigenvalue weighted by Crippen LogP contribution is -1.96. The van der Waals surface area contributed by atoms with Crippen molar-refractivity contribution in [1.29, 1.82) is 0 Å². The lowest BCUT2D eigenvalue weighted by molar-refractivity contribution is 1.23. The molecule has 0 N–H and O–H groups in total. The van der Waals surface area contributed by atoms with Gasteiger partial charge >= 0.3 is 0 Å². The number of benzene rings is 10. The SMILES string of the molecule is c1cc(-c2cccc(-c3nc(-c4cccc(-c5cccc6ccccc56)c4)c4ccccc4n3)c2)cc(-c2ccc3c4ccccc4c4ccccc4c3c2)c1. The summed E-state index contributed by atoms with van der Waals surface area (Å²) in [6, 6.07) is 74.1. The molecule has 0 radical (unpaired) electrons. The van der Waals surface area contributed by atoms with E-state index in [1.807, 2.05) is 0 Å². The molecule has 0 saturated carbocycles. The summed E-state index contributed by atoms with van der Waals surface area (Å²) < 4.78 is 0. The van der Waals surface area contributed by atoms with Crippen molar-refractivity contribution in [3.8, 4) is 56.0 Å². The van der Waals surface area contributed by atoms with Gasteiger partial charge in [-0.3, -0.25) is 0 Å². The highest BCUT2D eigenvalue weighted by Gasteiger charge is 2.15. The van der Waals surface area contributed by atoms with Crippen LogP contribution in [0.25, 0.3) is 110 Å². The molecule has 0 aliphatic carbocycles. The molecule has 1 heterocycles. The Morgan fingerprint density at radius 2 is 0.714 bits per heavy atom. The van der Waals surface area contributed by atoms with E-state index in [4.69, 9.17) is 9.97 Å². The van der Waals surface area contributed by atoms with Crippen LogP contribution in [-0.2, 0) is 0 Å². The molecule has 11 rings (SSSR count). The number of para-hydroxylation sites is 1. The van der Waals surface area contributed by atoms with Gasteiger partial charge in [0.2, 0.25) is 0 Å². The highest BCUT2D eigenvalue weighted by atomic mass is 14.9. The fourth-order valence-electron chi connectivity index (χ4n) is 8.54. The Hall–Kier alpha value is -7.42. The third-order valence-electron chi connectivity index (χ3n) is 11.2. The van der Waals surface area contributed by atoms with E-state index >= 15 is 0 Å². The summed E-state index contributed by atoms with van der Waals surface area (Å²) in [5.41, 5.74) is 10.9. The molecular formula is C54H34N2. The van der Waals surface area contributed by atoms with Gasteiger partial charge in [-0.15, -0.1) is 0 Å². The first kappa shape index (κ1) is 32.0. The summed E-state index contributed by atoms with van der Waals surface area (Å²) in [7, 11) is 0. The van der Waals surface area contributed by atoms with Crippen molar-refractivity contribution in [2.24, 2.45) is 0 Å². The Labute approximate surface area is 325 Å². The maximum Gasteiger partial charge on any atom is 0.160 e. The molecule has 0 atom stereocenters. The predicted molar refractivity (Wildman–Crippen MR) is 237 cm³/mol. The van der Waals surface area contributed by atoms with Gasteiger partial charge in [-0.1, -0.05) is 176 Å². The molecule has 56 heavy (non-hydrogen) atoms. The first-order valence-corrected chi connectivity index (χ1v) is 19.1. The summed E-state index contributed by atoms with van der Waals surface area (Å²) in [5, 5.41) is 11.2. The lowest BCUT2D eigenvalue weighted by atomic mass is 9.91. The van der Waals surface area contributed by atoms with Crippen LogP contribution in [0.5, 0.6) is 0 Å². The van der Waals surface area contributed by atoms with Crippen LogP contribution in [0.1, 0.15) is 0 Å². The van der Waals surface area contributed by atoms with Gasteiger partial charge in [0, 0.05) is 16.5 Å². The average molecular weight is 711 g/mol. The van der Waals surface area contributed by atoms with E-state index in [1.165, 1.54) is 65.3 Å². The summed E-state index contributed by atoms with van der Waals surface area (Å²) >= 11 is 0. The zero-order chi connectivity index (χ0) is 37.0. The summed E-state index contributed by atoms with van der Waals surface area (Å²) in [4.78, 5) is 10.4. The van der Waals surface area contributed by atoms with Crippen LogP contribution in [0.4, 0.5) is 0 Å². The topological polar surface area (TPSA) is 25.8 Å². The van der Waals surface area contributed by atoms with E-state index in [0.29, 0.717) is 5.82 Å². The molecule has 0 aliphatic heterocycles. The number of nitrogens with zero attached hydrogens (tertiary/aromatic N) is 2. The molecule has 0 bridgehead atoms. The predicted octanol–water partition coefficient (Wildman–Crippen LogP) is 14.6. The molecule has 0 unspecified atom stereocenters. The Kier molecular flexibility index (Phi) is 7.53. The van der Waals surface area contributed by atoms with Gasteiger partial charge < -0.3 is 0 Å². The molecule has 0 spiro atoms. The van der Waals surface area contributed by atoms with Gasteiger partial charge in [0.15, 0.2) is 5.82 Å². The molecule has 0 saturated heterocycles. The zero-order valence-corrected chi connectivity index (χ0v) is 30.5. The minimum atomic E-state index is 0.709. The number of hydrogen-bond donors (Lipinski definition) is 0. The second-order valence-corrected chi connectivity index (χ2v) is 14.5. The molecule has 0 fully saturated rings. The molecule has 2 heteroatoms. The van der Waals surface area contributed by atoms with Gasteiger partial charge in [-0.2, -0.15) is 0 Å². The highest BCUT2D eigenvalue weighted by Crippen LogP contribution is 2.39. The van der Waals surface area contributed by atoms with Crippen LogP contribution in [0.2, 0.25) is 0 Å². The van der Waals surface area contributed by atoms with Gasteiger partial charge in [0.05, 0.1) is 11.2 Å². The van der Waals surface area contributed by atoms with Crippen LogP contribution in [-0.4, -0.2) is 9.97 Å². The van der Waals surface area contributed by atoms with Crippen molar-refractivity contribution < 1.29 is 0 Å². The highest BCUT2D eigenvalue weighted by molar-refractivity contribution is 6.25. The minimum absolute atomic E-state index is 0.709. The standard InChI is InChI=1S/C54H34N2/c1-2-21-43-35(13-1)14-12-27-44(43)40-18-11-19-41(33-40)53-50-26-7-8-28-52(50)55-54(56-53)42-20-10-17-38(32-42)36-15-9-16-37(31-36)39-29-30-49-47-24-4-3-22-45(47)46-23-5-6-25-48(46)51(49)34-39/h1-34H. The van der Waals surface area contributed by atoms with Crippen LogP contribution < -0.4 is 0 Å². The molecule has 1 aromatic heterocycles. The van der Waals surface area contributed by atoms with E-state index in [-0.39, 0.29) is 0 Å². The van der Waals surface area contributed by atoms with Gasteiger partial charge in [-0.25, -0.2) is 9.97 Å². The van der Waals surface area contributed by atoms with Gasteiger partial charge in [0.1, 0.15) is 0 Å². The molecule has 2 nitrogen and oxygen atoms in total. The Morgan fingerprint density at radius 3 is 1.43 bits per heavy atom. The van der Waals surface area contributed by atoms with Crippen LogP contribution >= 0.6 is 0 Å². The third-order valence-corrected chi connectivity index (χ3v) is 11.2. The van der Waals surface area contributed by atoms with Crippen LogP contribution in [0, 0.1) is 0 Å². The monoisotopic (exact) mass is 710 g/mol. The smallest absolute Gasteiger partial charge is 0.160 e. The largest absolute Gasteiger partial charge is 0.228 e. The van der Waals surface area contributed by atoms with Crippen LogP contribution in [0.3, 0.4) is 0 Å². The van der Waals surface area contributed by atoms with Crippen molar-refractivity contribution in [3.63, 3.8) is 0 Å². The zero-order valence-electron chi connectivity index (χ0n) is 30.5. The van der Waals surface area contributed by atoms with Gasteiger partial charge in [-0.05, 0) is 107 Å². The fourth-order valence-corrected chi connectivity index (χ4v) is 8.54. The molecule has 260 valence electrons. The summed E-state index contributed by atoms with van der Waals surface area (Å²) in [6.07, 6.45) is 0. The van der Waals surface area contributed by atoms with Gasteiger partial charge in [0.25, 0.3) is 0 Å². The second kappa shape index (κ2) is 13.2. The van der Waals surface area contributed by atoms with Crippen molar-refractivity contribution in [1.82, 2.24) is 9.97 Å². The quantitative estimate of drug-likeness (QED) is 0.166. The van der Waals surface area contributed by atoms with E-state index in [9.17, 15) is 0 Å². The molecule has 0 aliphatic rings. The average Bonchev–Trinajstić information content (AvgIpc) is 3.28. The maximum atomic E-state index is 5.30. The molecular weight excluding hydrogens is 677 g/mol. The second-order valence-electron chi connectivity index (χ2n) is 14.5. The first-order valence-electron chi connectivity index (χ1n) is 19.1. The number of fused-ring (bicyclic) bond motifs is 8. The number of aromatic nitrogens is 2. The van der Waals surface area contributed by atoms with Crippen molar-refractivity contribution in [2.75, 3.05) is 0 Å². The van der Waals surface area contributed by atoms with Crippen molar-refractivity contribution in [2.45, 2.75) is 0 Å². The van der Waals surface area contributed by atoms with E-state index in [0.717, 1.165) is 38.9 Å². The number of rotatable bonds is 5. The Bertz CT molecular complexity index is 3280. The Morgan fingerprint density at radius 1 is 0.250 bits per heavy atom. The van der Waals surface area contributed by atoms with E-state index in [1.54, 1.807) is 0 Å². The van der Waals surface area contributed by atoms with Crippen molar-refractivity contribution >= 4 is 54.0 Å². The number of hydrogen-bond acceptors (Lipinski definition) is 2. The third kappa shape index (κ3) is 5.42. The summed E-state index contributed by atoms with van der Waals surface area (Å²) in [6.45, 7) is 0. The van der Waals surface area contributed by atoms with E-state index < -0.39 is 0 Å². The first-order chi connectivity index (χ1) is 27.7.